The Morgan fingerprint density at radius 3 is 2.96 bits per heavy atom. The summed E-state index contributed by atoms with van der Waals surface area (Å²) in [6.45, 7) is 5.90. The van der Waals surface area contributed by atoms with Crippen LogP contribution in [0.1, 0.15) is 32.6 Å². The van der Waals surface area contributed by atoms with Crippen LogP contribution in [-0.4, -0.2) is 67.6 Å². The van der Waals surface area contributed by atoms with E-state index in [0.717, 1.165) is 32.5 Å². The van der Waals surface area contributed by atoms with Gasteiger partial charge in [-0.25, -0.2) is 9.37 Å². The number of piperidine rings is 1. The average Bonchev–Trinajstić information content (AvgIpc) is 3.15. The lowest BCUT2D eigenvalue weighted by atomic mass is 10.00. The molecule has 2 unspecified atom stereocenters. The topological polar surface area (TPSA) is 72.9 Å². The van der Waals surface area contributed by atoms with Crippen molar-refractivity contribution in [2.24, 2.45) is 10.9 Å². The van der Waals surface area contributed by atoms with Gasteiger partial charge in [-0.1, -0.05) is 6.92 Å². The minimum Gasteiger partial charge on any atom is -0.356 e. The van der Waals surface area contributed by atoms with E-state index in [-0.39, 0.29) is 17.8 Å². The number of hydrogen-bond acceptors (Lipinski definition) is 4. The number of anilines is 1. The standard InChI is InChI=1S/C20H31FN6O/c1-15-5-4-11-26(13-15)18(28)7-10-24-20(22-2)25-16-8-12-27(14-16)19-17(21)6-3-9-23-19/h3,6,9,15-16H,4-5,7-8,10-14H2,1-2H3,(H2,22,24,25). The van der Waals surface area contributed by atoms with Crippen LogP contribution in [0.2, 0.25) is 0 Å². The van der Waals surface area contributed by atoms with Crippen LogP contribution < -0.4 is 15.5 Å². The Morgan fingerprint density at radius 1 is 1.36 bits per heavy atom. The molecular weight excluding hydrogens is 359 g/mol. The summed E-state index contributed by atoms with van der Waals surface area (Å²) in [7, 11) is 1.72. The van der Waals surface area contributed by atoms with E-state index in [1.165, 1.54) is 12.5 Å². The number of nitrogens with zero attached hydrogens (tertiary/aromatic N) is 4. The third-order valence-electron chi connectivity index (χ3n) is 5.43. The van der Waals surface area contributed by atoms with Crippen molar-refractivity contribution in [2.45, 2.75) is 38.6 Å². The molecule has 2 saturated heterocycles. The SMILES string of the molecule is CN=C(NCCC(=O)N1CCCC(C)C1)NC1CCN(c2ncccc2F)C1. The largest absolute Gasteiger partial charge is 0.356 e. The summed E-state index contributed by atoms with van der Waals surface area (Å²) in [4.78, 5) is 24.7. The molecule has 28 heavy (non-hydrogen) atoms. The first kappa shape index (κ1) is 20.4. The molecular formula is C20H31FN6O. The number of halogens is 1. The highest BCUT2D eigenvalue weighted by atomic mass is 19.1. The summed E-state index contributed by atoms with van der Waals surface area (Å²) in [5.74, 6) is 1.57. The second-order valence-corrected chi connectivity index (χ2v) is 7.72. The Labute approximate surface area is 166 Å². The maximum Gasteiger partial charge on any atom is 0.224 e. The van der Waals surface area contributed by atoms with E-state index >= 15 is 0 Å². The predicted octanol–water partition coefficient (Wildman–Crippen LogP) is 1.61. The van der Waals surface area contributed by atoms with Crippen LogP contribution in [0.5, 0.6) is 0 Å². The molecule has 1 amide bonds. The molecule has 8 heteroatoms. The second-order valence-electron chi connectivity index (χ2n) is 7.72. The molecule has 154 valence electrons. The van der Waals surface area contributed by atoms with Crippen LogP contribution in [0.4, 0.5) is 10.2 Å². The van der Waals surface area contributed by atoms with E-state index in [0.29, 0.717) is 37.2 Å². The smallest absolute Gasteiger partial charge is 0.224 e. The van der Waals surface area contributed by atoms with Gasteiger partial charge in [0.2, 0.25) is 5.91 Å². The number of likely N-dealkylation sites (tertiary alicyclic amines) is 1. The van der Waals surface area contributed by atoms with Gasteiger partial charge in [-0.3, -0.25) is 9.79 Å². The number of carbonyl (C=O) groups is 1. The van der Waals surface area contributed by atoms with E-state index in [1.54, 1.807) is 19.3 Å². The van der Waals surface area contributed by atoms with Crippen LogP contribution in [0, 0.1) is 11.7 Å². The Morgan fingerprint density at radius 2 is 2.21 bits per heavy atom. The summed E-state index contributed by atoms with van der Waals surface area (Å²) in [6, 6.07) is 3.19. The van der Waals surface area contributed by atoms with Crippen LogP contribution in [-0.2, 0) is 4.79 Å². The third kappa shape index (κ3) is 5.33. The maximum absolute atomic E-state index is 13.9. The predicted molar refractivity (Wildman–Crippen MR) is 109 cm³/mol. The van der Waals surface area contributed by atoms with Crippen molar-refractivity contribution in [1.82, 2.24) is 20.5 Å². The average molecular weight is 391 g/mol. The van der Waals surface area contributed by atoms with Gasteiger partial charge in [-0.15, -0.1) is 0 Å². The van der Waals surface area contributed by atoms with Gasteiger partial charge in [-0.05, 0) is 37.3 Å². The number of amides is 1. The number of nitrogens with one attached hydrogen (secondary N) is 2. The summed E-state index contributed by atoms with van der Waals surface area (Å²) < 4.78 is 13.9. The quantitative estimate of drug-likeness (QED) is 0.590. The molecule has 0 radical (unpaired) electrons. The van der Waals surface area contributed by atoms with Gasteiger partial charge < -0.3 is 20.4 Å². The van der Waals surface area contributed by atoms with E-state index in [9.17, 15) is 9.18 Å². The molecule has 0 aromatic carbocycles. The molecule has 0 spiro atoms. The minimum atomic E-state index is -0.295. The molecule has 1 aromatic rings. The maximum atomic E-state index is 13.9. The fraction of sp³-hybridized carbons (Fsp3) is 0.650. The zero-order valence-electron chi connectivity index (χ0n) is 16.8. The fourth-order valence-electron chi connectivity index (χ4n) is 3.93. The molecule has 2 N–H and O–H groups in total. The van der Waals surface area contributed by atoms with Crippen LogP contribution in [0.3, 0.4) is 0 Å². The zero-order valence-corrected chi connectivity index (χ0v) is 16.8. The van der Waals surface area contributed by atoms with Crippen LogP contribution in [0.15, 0.2) is 23.3 Å². The minimum absolute atomic E-state index is 0.159. The highest BCUT2D eigenvalue weighted by Gasteiger charge is 2.26. The molecule has 1 aromatic heterocycles. The zero-order chi connectivity index (χ0) is 19.9. The first-order valence-electron chi connectivity index (χ1n) is 10.2. The Kier molecular flexibility index (Phi) is 7.06. The summed E-state index contributed by atoms with van der Waals surface area (Å²) in [6.07, 6.45) is 5.25. The lowest BCUT2D eigenvalue weighted by Crippen LogP contribution is -2.46. The number of pyridine rings is 1. The molecule has 2 fully saturated rings. The van der Waals surface area contributed by atoms with Gasteiger partial charge in [0.15, 0.2) is 17.6 Å². The third-order valence-corrected chi connectivity index (χ3v) is 5.43. The van der Waals surface area contributed by atoms with Crippen molar-refractivity contribution in [2.75, 3.05) is 44.7 Å². The lowest BCUT2D eigenvalue weighted by Gasteiger charge is -2.31. The molecule has 0 bridgehead atoms. The van der Waals surface area contributed by atoms with Gasteiger partial charge in [-0.2, -0.15) is 0 Å². The van der Waals surface area contributed by atoms with Crippen molar-refractivity contribution in [3.63, 3.8) is 0 Å². The van der Waals surface area contributed by atoms with Crippen molar-refractivity contribution in [1.29, 1.82) is 0 Å². The molecule has 0 aliphatic carbocycles. The number of guanidine groups is 1. The van der Waals surface area contributed by atoms with Crippen molar-refractivity contribution >= 4 is 17.7 Å². The Hall–Kier alpha value is -2.38. The molecule has 2 atom stereocenters. The van der Waals surface area contributed by atoms with Crippen molar-refractivity contribution < 1.29 is 9.18 Å². The van der Waals surface area contributed by atoms with Gasteiger partial charge >= 0.3 is 0 Å². The van der Waals surface area contributed by atoms with Gasteiger partial charge in [0.05, 0.1) is 0 Å². The van der Waals surface area contributed by atoms with E-state index < -0.39 is 0 Å². The lowest BCUT2D eigenvalue weighted by molar-refractivity contribution is -0.132. The first-order chi connectivity index (χ1) is 13.6. The highest BCUT2D eigenvalue weighted by Crippen LogP contribution is 2.20. The molecule has 3 rings (SSSR count). The molecule has 0 saturated carbocycles. The van der Waals surface area contributed by atoms with Gasteiger partial charge in [0.25, 0.3) is 0 Å². The van der Waals surface area contributed by atoms with Crippen molar-refractivity contribution in [3.05, 3.63) is 24.1 Å². The first-order valence-corrected chi connectivity index (χ1v) is 10.2. The van der Waals surface area contributed by atoms with E-state index in [1.807, 2.05) is 9.80 Å². The Balaban J connectivity index is 1.41. The van der Waals surface area contributed by atoms with Crippen molar-refractivity contribution in [3.8, 4) is 0 Å². The van der Waals surface area contributed by atoms with Crippen LogP contribution >= 0.6 is 0 Å². The summed E-state index contributed by atoms with van der Waals surface area (Å²) in [5.41, 5.74) is 0. The van der Waals surface area contributed by atoms with Crippen LogP contribution in [0.25, 0.3) is 0 Å². The molecule has 3 heterocycles. The molecule has 2 aliphatic rings. The summed E-state index contributed by atoms with van der Waals surface area (Å²) in [5, 5.41) is 6.59. The highest BCUT2D eigenvalue weighted by molar-refractivity contribution is 5.81. The summed E-state index contributed by atoms with van der Waals surface area (Å²) >= 11 is 0. The van der Waals surface area contributed by atoms with E-state index in [2.05, 4.69) is 27.5 Å². The number of aromatic nitrogens is 1. The van der Waals surface area contributed by atoms with Gasteiger partial charge in [0.1, 0.15) is 0 Å². The number of rotatable bonds is 5. The molecule has 7 nitrogen and oxygen atoms in total. The number of carbonyl (C=O) groups excluding carboxylic acids is 1. The second kappa shape index (κ2) is 9.71. The number of aliphatic imine (C=N–C) groups is 1. The molecule has 2 aliphatic heterocycles. The normalized spacial score (nSPS) is 23.0. The fourth-order valence-corrected chi connectivity index (χ4v) is 3.93. The monoisotopic (exact) mass is 390 g/mol. The Bertz CT molecular complexity index is 697. The van der Waals surface area contributed by atoms with E-state index in [4.69, 9.17) is 0 Å². The van der Waals surface area contributed by atoms with Gasteiger partial charge in [0, 0.05) is 58.4 Å². The number of hydrogen-bond donors (Lipinski definition) is 2.